The Morgan fingerprint density at radius 1 is 1.25 bits per heavy atom. The second-order valence-corrected chi connectivity index (χ2v) is 5.75. The normalized spacial score (nSPS) is 13.1. The van der Waals surface area contributed by atoms with Crippen LogP contribution in [0.2, 0.25) is 0 Å². The van der Waals surface area contributed by atoms with Crippen LogP contribution in [0.4, 0.5) is 24.8 Å². The molecule has 0 bridgehead atoms. The number of nitrogens with one attached hydrogen (secondary N) is 2. The lowest BCUT2D eigenvalue weighted by molar-refractivity contribution is -0.137. The van der Waals surface area contributed by atoms with Gasteiger partial charge < -0.3 is 10.6 Å². The summed E-state index contributed by atoms with van der Waals surface area (Å²) in [6.45, 7) is 5.11. The van der Waals surface area contributed by atoms with Crippen molar-refractivity contribution in [3.05, 3.63) is 17.7 Å². The Bertz CT molecular complexity index is 424. The van der Waals surface area contributed by atoms with Gasteiger partial charge in [0.05, 0.1) is 5.56 Å². The molecule has 114 valence electrons. The first-order valence-corrected chi connectivity index (χ1v) is 7.75. The van der Waals surface area contributed by atoms with E-state index in [9.17, 15) is 13.2 Å². The van der Waals surface area contributed by atoms with Gasteiger partial charge in [0.1, 0.15) is 11.6 Å². The summed E-state index contributed by atoms with van der Waals surface area (Å²) in [4.78, 5) is 4.16. The third-order valence-corrected chi connectivity index (χ3v) is 3.65. The highest BCUT2D eigenvalue weighted by atomic mass is 32.2. The first-order chi connectivity index (χ1) is 9.36. The SMILES string of the molecule is CCCNc1cc(C(F)(F)F)cc(NCC(C)SC)n1. The molecule has 1 unspecified atom stereocenters. The minimum atomic E-state index is -4.37. The number of rotatable bonds is 7. The van der Waals surface area contributed by atoms with E-state index in [-0.39, 0.29) is 11.6 Å². The van der Waals surface area contributed by atoms with E-state index < -0.39 is 11.7 Å². The Hall–Kier alpha value is -1.11. The van der Waals surface area contributed by atoms with Crippen LogP contribution in [0.15, 0.2) is 12.1 Å². The third-order valence-electron chi connectivity index (χ3n) is 2.68. The van der Waals surface area contributed by atoms with Gasteiger partial charge in [-0.1, -0.05) is 13.8 Å². The zero-order chi connectivity index (χ0) is 15.2. The molecule has 0 aliphatic rings. The van der Waals surface area contributed by atoms with Crippen LogP contribution in [0.25, 0.3) is 0 Å². The van der Waals surface area contributed by atoms with Crippen LogP contribution in [-0.2, 0) is 6.18 Å². The number of hydrogen-bond acceptors (Lipinski definition) is 4. The Labute approximate surface area is 121 Å². The van der Waals surface area contributed by atoms with Crippen LogP contribution in [0.5, 0.6) is 0 Å². The van der Waals surface area contributed by atoms with Gasteiger partial charge in [-0.15, -0.1) is 0 Å². The number of alkyl halides is 3. The largest absolute Gasteiger partial charge is 0.416 e. The molecule has 1 aromatic rings. The van der Waals surface area contributed by atoms with Gasteiger partial charge in [-0.3, -0.25) is 0 Å². The molecule has 1 heterocycles. The van der Waals surface area contributed by atoms with Gasteiger partial charge in [0.15, 0.2) is 0 Å². The first kappa shape index (κ1) is 16.9. The molecule has 0 aromatic carbocycles. The molecule has 20 heavy (non-hydrogen) atoms. The highest BCUT2D eigenvalue weighted by Crippen LogP contribution is 2.32. The number of hydrogen-bond donors (Lipinski definition) is 2. The lowest BCUT2D eigenvalue weighted by Crippen LogP contribution is -2.16. The maximum absolute atomic E-state index is 12.8. The zero-order valence-corrected chi connectivity index (χ0v) is 12.7. The average molecular weight is 307 g/mol. The minimum absolute atomic E-state index is 0.249. The van der Waals surface area contributed by atoms with Crippen LogP contribution in [0, 0.1) is 0 Å². The van der Waals surface area contributed by atoms with Crippen molar-refractivity contribution in [2.75, 3.05) is 30.0 Å². The molecule has 1 aromatic heterocycles. The van der Waals surface area contributed by atoms with Crippen LogP contribution in [0.1, 0.15) is 25.8 Å². The topological polar surface area (TPSA) is 37.0 Å². The second-order valence-electron chi connectivity index (χ2n) is 4.48. The van der Waals surface area contributed by atoms with Crippen molar-refractivity contribution in [1.82, 2.24) is 4.98 Å². The van der Waals surface area contributed by atoms with Gasteiger partial charge in [-0.25, -0.2) is 4.98 Å². The Kier molecular flexibility index (Phi) is 6.45. The van der Waals surface area contributed by atoms with Crippen molar-refractivity contribution in [2.45, 2.75) is 31.7 Å². The van der Waals surface area contributed by atoms with Crippen LogP contribution >= 0.6 is 11.8 Å². The molecule has 0 saturated carbocycles. The summed E-state index contributed by atoms with van der Waals surface area (Å²) in [6, 6.07) is 2.09. The highest BCUT2D eigenvalue weighted by Gasteiger charge is 2.31. The first-order valence-electron chi connectivity index (χ1n) is 6.46. The molecule has 3 nitrogen and oxygen atoms in total. The van der Waals surface area contributed by atoms with Crippen molar-refractivity contribution in [3.63, 3.8) is 0 Å². The maximum atomic E-state index is 12.8. The average Bonchev–Trinajstić information content (AvgIpc) is 2.41. The minimum Gasteiger partial charge on any atom is -0.370 e. The molecule has 2 N–H and O–H groups in total. The number of thioether (sulfide) groups is 1. The Morgan fingerprint density at radius 3 is 2.35 bits per heavy atom. The van der Waals surface area contributed by atoms with Gasteiger partial charge in [0.25, 0.3) is 0 Å². The van der Waals surface area contributed by atoms with Gasteiger partial charge >= 0.3 is 6.18 Å². The molecular weight excluding hydrogens is 287 g/mol. The summed E-state index contributed by atoms with van der Waals surface area (Å²) in [5, 5.41) is 6.15. The van der Waals surface area contributed by atoms with Crippen LogP contribution in [-0.4, -0.2) is 29.6 Å². The van der Waals surface area contributed by atoms with Crippen LogP contribution < -0.4 is 10.6 Å². The van der Waals surface area contributed by atoms with Crippen molar-refractivity contribution in [1.29, 1.82) is 0 Å². The summed E-state index contributed by atoms with van der Waals surface area (Å²) in [6.07, 6.45) is -1.59. The van der Waals surface area contributed by atoms with Gasteiger partial charge in [0, 0.05) is 18.3 Å². The van der Waals surface area contributed by atoms with Crippen molar-refractivity contribution < 1.29 is 13.2 Å². The Morgan fingerprint density at radius 2 is 1.85 bits per heavy atom. The molecule has 0 saturated heterocycles. The van der Waals surface area contributed by atoms with E-state index in [2.05, 4.69) is 15.6 Å². The van der Waals surface area contributed by atoms with E-state index in [0.717, 1.165) is 18.6 Å². The summed E-state index contributed by atoms with van der Waals surface area (Å²) < 4.78 is 38.5. The van der Waals surface area contributed by atoms with E-state index in [1.807, 2.05) is 20.1 Å². The van der Waals surface area contributed by atoms with Gasteiger partial charge in [-0.2, -0.15) is 24.9 Å². The van der Waals surface area contributed by atoms with Crippen molar-refractivity contribution in [2.24, 2.45) is 0 Å². The molecule has 0 fully saturated rings. The number of pyridine rings is 1. The maximum Gasteiger partial charge on any atom is 0.416 e. The fourth-order valence-electron chi connectivity index (χ4n) is 1.46. The molecular formula is C13H20F3N3S. The van der Waals surface area contributed by atoms with Crippen molar-refractivity contribution in [3.8, 4) is 0 Å². The summed E-state index contributed by atoms with van der Waals surface area (Å²) in [7, 11) is 0. The van der Waals surface area contributed by atoms with E-state index in [1.165, 1.54) is 0 Å². The lowest BCUT2D eigenvalue weighted by Gasteiger charge is -2.15. The summed E-state index contributed by atoms with van der Waals surface area (Å²) in [5.74, 6) is 0.500. The number of anilines is 2. The fraction of sp³-hybridized carbons (Fsp3) is 0.615. The third kappa shape index (κ3) is 5.48. The second kappa shape index (κ2) is 7.61. The standard InChI is InChI=1S/C13H20F3N3S/c1-4-5-17-11-6-10(13(14,15)16)7-12(19-11)18-8-9(2)20-3/h6-7,9H,4-5,8H2,1-3H3,(H2,17,18,19). The number of halogens is 3. The molecule has 0 radical (unpaired) electrons. The number of nitrogens with zero attached hydrogens (tertiary/aromatic N) is 1. The zero-order valence-electron chi connectivity index (χ0n) is 11.8. The van der Waals surface area contributed by atoms with E-state index in [0.29, 0.717) is 18.3 Å². The predicted octanol–water partition coefficient (Wildman–Crippen LogP) is 4.09. The Balaban J connectivity index is 2.91. The lowest BCUT2D eigenvalue weighted by atomic mass is 10.2. The van der Waals surface area contributed by atoms with Gasteiger partial charge in [-0.05, 0) is 24.8 Å². The van der Waals surface area contributed by atoms with Crippen LogP contribution in [0.3, 0.4) is 0 Å². The summed E-state index contributed by atoms with van der Waals surface area (Å²) >= 11 is 1.64. The molecule has 1 atom stereocenters. The quantitative estimate of drug-likeness (QED) is 0.795. The van der Waals surface area contributed by atoms with E-state index >= 15 is 0 Å². The molecule has 1 rings (SSSR count). The summed E-state index contributed by atoms with van der Waals surface area (Å²) in [5.41, 5.74) is -0.689. The monoisotopic (exact) mass is 307 g/mol. The molecule has 0 aliphatic heterocycles. The van der Waals surface area contributed by atoms with E-state index in [1.54, 1.807) is 11.8 Å². The van der Waals surface area contributed by atoms with E-state index in [4.69, 9.17) is 0 Å². The van der Waals surface area contributed by atoms with Gasteiger partial charge in [0.2, 0.25) is 0 Å². The number of aromatic nitrogens is 1. The molecule has 0 spiro atoms. The fourth-order valence-corrected chi connectivity index (χ4v) is 1.71. The molecule has 0 amide bonds. The molecule has 7 heteroatoms. The molecule has 0 aliphatic carbocycles. The van der Waals surface area contributed by atoms with Crippen molar-refractivity contribution >= 4 is 23.4 Å². The predicted molar refractivity (Wildman–Crippen MR) is 79.5 cm³/mol. The smallest absolute Gasteiger partial charge is 0.370 e. The highest BCUT2D eigenvalue weighted by molar-refractivity contribution is 7.99.